The summed E-state index contributed by atoms with van der Waals surface area (Å²) in [5, 5.41) is 12.7. The zero-order valence-corrected chi connectivity index (χ0v) is 10.4. The second-order valence-corrected chi connectivity index (χ2v) is 5.26. The van der Waals surface area contributed by atoms with E-state index in [-0.39, 0.29) is 0 Å². The monoisotopic (exact) mass is 214 g/mol. The number of nitrogens with one attached hydrogen (secondary N) is 1. The Balaban J connectivity index is 2.10. The fourth-order valence-corrected chi connectivity index (χ4v) is 2.18. The van der Waals surface area contributed by atoms with Gasteiger partial charge >= 0.3 is 0 Å². The maximum absolute atomic E-state index is 9.18. The summed E-state index contributed by atoms with van der Waals surface area (Å²) in [5.41, 5.74) is 0. The molecule has 0 saturated carbocycles. The molecule has 1 aliphatic rings. The van der Waals surface area contributed by atoms with Crippen LogP contribution < -0.4 is 5.32 Å². The van der Waals surface area contributed by atoms with Crippen molar-refractivity contribution in [2.45, 2.75) is 20.3 Å². The number of hydrogen-bond acceptors (Lipinski definition) is 3. The Labute approximate surface area is 93.9 Å². The lowest BCUT2D eigenvalue weighted by molar-refractivity contribution is 0.185. The predicted octanol–water partition coefficient (Wildman–Crippen LogP) is 0.792. The summed E-state index contributed by atoms with van der Waals surface area (Å²) in [6.07, 6.45) is 1.31. The average Bonchev–Trinajstić information content (AvgIpc) is 2.58. The summed E-state index contributed by atoms with van der Waals surface area (Å²) < 4.78 is 0. The van der Waals surface area contributed by atoms with Crippen LogP contribution in [0.4, 0.5) is 0 Å². The molecule has 15 heavy (non-hydrogen) atoms. The Hall–Kier alpha value is -0.120. The van der Waals surface area contributed by atoms with Crippen molar-refractivity contribution in [2.24, 2.45) is 17.8 Å². The molecule has 3 heteroatoms. The molecule has 0 bridgehead atoms. The molecule has 90 valence electrons. The third-order valence-electron chi connectivity index (χ3n) is 3.51. The van der Waals surface area contributed by atoms with Crippen molar-refractivity contribution in [2.75, 3.05) is 39.8 Å². The minimum Gasteiger partial charge on any atom is -0.396 e. The van der Waals surface area contributed by atoms with E-state index < -0.39 is 0 Å². The van der Waals surface area contributed by atoms with E-state index in [4.69, 9.17) is 0 Å². The SMILES string of the molecule is CC(C)C(CO)CNCC1CCN(C)C1. The number of hydrogen-bond donors (Lipinski definition) is 2. The summed E-state index contributed by atoms with van der Waals surface area (Å²) in [7, 11) is 2.19. The van der Waals surface area contributed by atoms with Gasteiger partial charge in [-0.2, -0.15) is 0 Å². The van der Waals surface area contributed by atoms with Gasteiger partial charge in [0.2, 0.25) is 0 Å². The van der Waals surface area contributed by atoms with Crippen LogP contribution in [-0.2, 0) is 0 Å². The molecule has 1 saturated heterocycles. The van der Waals surface area contributed by atoms with E-state index in [0.717, 1.165) is 19.0 Å². The van der Waals surface area contributed by atoms with E-state index >= 15 is 0 Å². The minimum atomic E-state index is 0.301. The minimum absolute atomic E-state index is 0.301. The fourth-order valence-electron chi connectivity index (χ4n) is 2.18. The molecule has 0 spiro atoms. The van der Waals surface area contributed by atoms with Crippen molar-refractivity contribution in [1.29, 1.82) is 0 Å². The van der Waals surface area contributed by atoms with Gasteiger partial charge < -0.3 is 15.3 Å². The van der Waals surface area contributed by atoms with E-state index in [9.17, 15) is 5.11 Å². The quantitative estimate of drug-likeness (QED) is 0.686. The Morgan fingerprint density at radius 3 is 2.67 bits per heavy atom. The van der Waals surface area contributed by atoms with Gasteiger partial charge in [0.05, 0.1) is 0 Å². The lowest BCUT2D eigenvalue weighted by Gasteiger charge is -2.20. The van der Waals surface area contributed by atoms with Crippen molar-refractivity contribution in [3.63, 3.8) is 0 Å². The summed E-state index contributed by atoms with van der Waals surface area (Å²) in [6, 6.07) is 0. The number of rotatable bonds is 6. The van der Waals surface area contributed by atoms with Crippen LogP contribution in [0.15, 0.2) is 0 Å². The Morgan fingerprint density at radius 2 is 2.20 bits per heavy atom. The molecule has 0 radical (unpaired) electrons. The largest absolute Gasteiger partial charge is 0.396 e. The first kappa shape index (κ1) is 12.9. The van der Waals surface area contributed by atoms with Gasteiger partial charge in [-0.25, -0.2) is 0 Å². The predicted molar refractivity (Wildman–Crippen MR) is 63.9 cm³/mol. The highest BCUT2D eigenvalue weighted by Gasteiger charge is 2.19. The van der Waals surface area contributed by atoms with Crippen molar-refractivity contribution >= 4 is 0 Å². The summed E-state index contributed by atoms with van der Waals surface area (Å²) in [6.45, 7) is 9.16. The first-order chi connectivity index (χ1) is 7.13. The Morgan fingerprint density at radius 1 is 1.47 bits per heavy atom. The fraction of sp³-hybridized carbons (Fsp3) is 1.00. The van der Waals surface area contributed by atoms with Gasteiger partial charge in [-0.1, -0.05) is 13.8 Å². The van der Waals surface area contributed by atoms with Crippen LogP contribution in [0.5, 0.6) is 0 Å². The smallest absolute Gasteiger partial charge is 0.0473 e. The zero-order chi connectivity index (χ0) is 11.3. The zero-order valence-electron chi connectivity index (χ0n) is 10.4. The molecule has 1 aliphatic heterocycles. The molecule has 2 atom stereocenters. The molecule has 0 aromatic rings. The van der Waals surface area contributed by atoms with Crippen LogP contribution >= 0.6 is 0 Å². The topological polar surface area (TPSA) is 35.5 Å². The first-order valence-electron chi connectivity index (χ1n) is 6.13. The van der Waals surface area contributed by atoms with Crippen LogP contribution in [0, 0.1) is 17.8 Å². The van der Waals surface area contributed by atoms with Crippen LogP contribution in [0.25, 0.3) is 0 Å². The van der Waals surface area contributed by atoms with E-state index in [1.807, 2.05) is 0 Å². The van der Waals surface area contributed by atoms with Gasteiger partial charge in [-0.05, 0) is 44.3 Å². The third kappa shape index (κ3) is 4.49. The maximum Gasteiger partial charge on any atom is 0.0473 e. The van der Waals surface area contributed by atoms with Crippen molar-refractivity contribution in [3.05, 3.63) is 0 Å². The molecular formula is C12H26N2O. The van der Waals surface area contributed by atoms with E-state index in [1.165, 1.54) is 19.5 Å². The van der Waals surface area contributed by atoms with Crippen molar-refractivity contribution in [1.82, 2.24) is 10.2 Å². The van der Waals surface area contributed by atoms with Crippen molar-refractivity contribution < 1.29 is 5.11 Å². The number of nitrogens with zero attached hydrogens (tertiary/aromatic N) is 1. The lowest BCUT2D eigenvalue weighted by atomic mass is 9.96. The third-order valence-corrected chi connectivity index (χ3v) is 3.51. The first-order valence-corrected chi connectivity index (χ1v) is 6.13. The second-order valence-electron chi connectivity index (χ2n) is 5.26. The van der Waals surface area contributed by atoms with Crippen LogP contribution in [0.2, 0.25) is 0 Å². The highest BCUT2D eigenvalue weighted by atomic mass is 16.3. The van der Waals surface area contributed by atoms with Gasteiger partial charge in [-0.3, -0.25) is 0 Å². The summed E-state index contributed by atoms with van der Waals surface area (Å²) >= 11 is 0. The second kappa shape index (κ2) is 6.46. The van der Waals surface area contributed by atoms with Gasteiger partial charge in [0.25, 0.3) is 0 Å². The molecule has 0 amide bonds. The van der Waals surface area contributed by atoms with E-state index in [1.54, 1.807) is 0 Å². The summed E-state index contributed by atoms with van der Waals surface area (Å²) in [5.74, 6) is 1.78. The molecular weight excluding hydrogens is 188 g/mol. The van der Waals surface area contributed by atoms with Crippen LogP contribution in [0.1, 0.15) is 20.3 Å². The van der Waals surface area contributed by atoms with E-state index in [2.05, 4.69) is 31.1 Å². The number of aliphatic hydroxyl groups is 1. The Bertz CT molecular complexity index is 173. The summed E-state index contributed by atoms with van der Waals surface area (Å²) in [4.78, 5) is 2.39. The van der Waals surface area contributed by atoms with Gasteiger partial charge in [0.1, 0.15) is 0 Å². The van der Waals surface area contributed by atoms with Gasteiger partial charge in [0, 0.05) is 19.7 Å². The molecule has 1 rings (SSSR count). The number of aliphatic hydroxyl groups excluding tert-OH is 1. The molecule has 1 fully saturated rings. The molecule has 2 N–H and O–H groups in total. The molecule has 1 heterocycles. The lowest BCUT2D eigenvalue weighted by Crippen LogP contribution is -2.32. The molecule has 2 unspecified atom stereocenters. The normalized spacial score (nSPS) is 25.0. The molecule has 3 nitrogen and oxygen atoms in total. The van der Waals surface area contributed by atoms with E-state index in [0.29, 0.717) is 18.4 Å². The Kier molecular flexibility index (Phi) is 5.58. The molecule has 0 aromatic heterocycles. The highest BCUT2D eigenvalue weighted by Crippen LogP contribution is 2.13. The van der Waals surface area contributed by atoms with Crippen LogP contribution in [0.3, 0.4) is 0 Å². The molecule has 0 aromatic carbocycles. The maximum atomic E-state index is 9.18. The van der Waals surface area contributed by atoms with Crippen LogP contribution in [-0.4, -0.2) is 49.8 Å². The standard InChI is InChI=1S/C12H26N2O/c1-10(2)12(9-15)7-13-6-11-4-5-14(3)8-11/h10-13,15H,4-9H2,1-3H3. The average molecular weight is 214 g/mol. The molecule has 0 aliphatic carbocycles. The van der Waals surface area contributed by atoms with Gasteiger partial charge in [-0.15, -0.1) is 0 Å². The van der Waals surface area contributed by atoms with Gasteiger partial charge in [0.15, 0.2) is 0 Å². The van der Waals surface area contributed by atoms with Crippen molar-refractivity contribution in [3.8, 4) is 0 Å². The highest BCUT2D eigenvalue weighted by molar-refractivity contribution is 4.75. The number of likely N-dealkylation sites (tertiary alicyclic amines) is 1.